The third-order valence-electron chi connectivity index (χ3n) is 2.22. The van der Waals surface area contributed by atoms with Crippen LogP contribution in [-0.2, 0) is 14.3 Å². The molecule has 0 aliphatic carbocycles. The minimum absolute atomic E-state index is 0.0927. The molecule has 4 N–H and O–H groups in total. The first kappa shape index (κ1) is 15.8. The second-order valence-corrected chi connectivity index (χ2v) is 3.95. The molecule has 0 fully saturated rings. The second kappa shape index (κ2) is 8.91. The molecule has 0 saturated heterocycles. The molecule has 1 unspecified atom stereocenters. The molecule has 0 aliphatic heterocycles. The van der Waals surface area contributed by atoms with E-state index in [-0.39, 0.29) is 24.3 Å². The Labute approximate surface area is 102 Å². The van der Waals surface area contributed by atoms with E-state index in [9.17, 15) is 9.59 Å². The van der Waals surface area contributed by atoms with E-state index in [4.69, 9.17) is 10.6 Å². The Morgan fingerprint density at radius 3 is 2.65 bits per heavy atom. The van der Waals surface area contributed by atoms with Gasteiger partial charge >= 0.3 is 0 Å². The first-order valence-corrected chi connectivity index (χ1v) is 5.45. The molecule has 0 heterocycles. The molecule has 7 heteroatoms. The van der Waals surface area contributed by atoms with Crippen molar-refractivity contribution in [2.75, 3.05) is 40.4 Å². The Morgan fingerprint density at radius 2 is 2.12 bits per heavy atom. The first-order chi connectivity index (χ1) is 8.01. The second-order valence-electron chi connectivity index (χ2n) is 3.95. The standard InChI is InChI=1S/C10H22N4O3/c1-8(10(16)13-11)6-14(2)7-9(15)12-4-5-17-3/h8H,4-7,11H2,1-3H3,(H,12,15)(H,13,16). The summed E-state index contributed by atoms with van der Waals surface area (Å²) in [5.74, 6) is 4.43. The van der Waals surface area contributed by atoms with Gasteiger partial charge in [-0.1, -0.05) is 6.92 Å². The van der Waals surface area contributed by atoms with Gasteiger partial charge < -0.3 is 10.1 Å². The minimum atomic E-state index is -0.253. The van der Waals surface area contributed by atoms with Crippen molar-refractivity contribution in [3.8, 4) is 0 Å². The summed E-state index contributed by atoms with van der Waals surface area (Å²) in [6, 6.07) is 0. The number of likely N-dealkylation sites (N-methyl/N-ethyl adjacent to an activating group) is 1. The molecule has 0 aromatic heterocycles. The fourth-order valence-electron chi connectivity index (χ4n) is 1.35. The van der Waals surface area contributed by atoms with Crippen molar-refractivity contribution in [2.45, 2.75) is 6.92 Å². The highest BCUT2D eigenvalue weighted by atomic mass is 16.5. The van der Waals surface area contributed by atoms with Crippen LogP contribution >= 0.6 is 0 Å². The topological polar surface area (TPSA) is 96.7 Å². The van der Waals surface area contributed by atoms with E-state index in [1.807, 2.05) is 0 Å². The van der Waals surface area contributed by atoms with Gasteiger partial charge in [0.25, 0.3) is 0 Å². The fourth-order valence-corrected chi connectivity index (χ4v) is 1.35. The van der Waals surface area contributed by atoms with Crippen LogP contribution < -0.4 is 16.6 Å². The van der Waals surface area contributed by atoms with E-state index in [0.717, 1.165) is 0 Å². The van der Waals surface area contributed by atoms with Crippen LogP contribution in [0, 0.1) is 5.92 Å². The van der Waals surface area contributed by atoms with Crippen molar-refractivity contribution in [1.29, 1.82) is 0 Å². The summed E-state index contributed by atoms with van der Waals surface area (Å²) < 4.78 is 4.81. The molecule has 0 radical (unpaired) electrons. The summed E-state index contributed by atoms with van der Waals surface area (Å²) >= 11 is 0. The summed E-state index contributed by atoms with van der Waals surface area (Å²) in [6.07, 6.45) is 0. The molecule has 1 atom stereocenters. The van der Waals surface area contributed by atoms with E-state index in [2.05, 4.69) is 10.7 Å². The van der Waals surface area contributed by atoms with E-state index in [1.165, 1.54) is 0 Å². The number of nitrogens with zero attached hydrogens (tertiary/aromatic N) is 1. The maximum absolute atomic E-state index is 11.4. The monoisotopic (exact) mass is 246 g/mol. The Bertz CT molecular complexity index is 248. The maximum Gasteiger partial charge on any atom is 0.237 e. The van der Waals surface area contributed by atoms with Gasteiger partial charge in [0.15, 0.2) is 0 Å². The van der Waals surface area contributed by atoms with Crippen LogP contribution in [0.5, 0.6) is 0 Å². The van der Waals surface area contributed by atoms with Gasteiger partial charge in [-0.3, -0.25) is 19.9 Å². The van der Waals surface area contributed by atoms with Crippen LogP contribution in [0.4, 0.5) is 0 Å². The van der Waals surface area contributed by atoms with Gasteiger partial charge in [-0.2, -0.15) is 0 Å². The van der Waals surface area contributed by atoms with Gasteiger partial charge in [0.2, 0.25) is 11.8 Å². The molecule has 0 rings (SSSR count). The number of nitrogens with two attached hydrogens (primary N) is 1. The number of hydrogen-bond donors (Lipinski definition) is 3. The lowest BCUT2D eigenvalue weighted by Gasteiger charge is -2.19. The van der Waals surface area contributed by atoms with Gasteiger partial charge in [-0.25, -0.2) is 5.84 Å². The van der Waals surface area contributed by atoms with E-state index < -0.39 is 0 Å². The summed E-state index contributed by atoms with van der Waals surface area (Å²) in [7, 11) is 3.35. The van der Waals surface area contributed by atoms with Crippen molar-refractivity contribution in [1.82, 2.24) is 15.6 Å². The number of ether oxygens (including phenoxy) is 1. The maximum atomic E-state index is 11.4. The van der Waals surface area contributed by atoms with Gasteiger partial charge in [0, 0.05) is 26.1 Å². The van der Waals surface area contributed by atoms with Crippen LogP contribution in [0.25, 0.3) is 0 Å². The van der Waals surface area contributed by atoms with Crippen LogP contribution in [-0.4, -0.2) is 57.1 Å². The first-order valence-electron chi connectivity index (χ1n) is 5.45. The Kier molecular flexibility index (Phi) is 8.29. The van der Waals surface area contributed by atoms with Crippen molar-refractivity contribution < 1.29 is 14.3 Å². The molecule has 0 saturated carbocycles. The number of carbonyl (C=O) groups excluding carboxylic acids is 2. The zero-order valence-corrected chi connectivity index (χ0v) is 10.7. The molecule has 0 aromatic carbocycles. The summed E-state index contributed by atoms with van der Waals surface area (Å²) in [4.78, 5) is 24.3. The van der Waals surface area contributed by atoms with Gasteiger partial charge in [-0.15, -0.1) is 0 Å². The molecule has 0 bridgehead atoms. The number of nitrogens with one attached hydrogen (secondary N) is 2. The van der Waals surface area contributed by atoms with Crippen molar-refractivity contribution in [2.24, 2.45) is 11.8 Å². The average molecular weight is 246 g/mol. The minimum Gasteiger partial charge on any atom is -0.383 e. The van der Waals surface area contributed by atoms with Crippen LogP contribution in [0.1, 0.15) is 6.92 Å². The predicted octanol–water partition coefficient (Wildman–Crippen LogP) is -1.69. The molecular formula is C10H22N4O3. The highest BCUT2D eigenvalue weighted by Crippen LogP contribution is 1.97. The molecule has 0 spiro atoms. The van der Waals surface area contributed by atoms with Crippen LogP contribution in [0.15, 0.2) is 0 Å². The number of hydrogen-bond acceptors (Lipinski definition) is 5. The Balaban J connectivity index is 3.80. The number of methoxy groups -OCH3 is 1. The molecule has 2 amide bonds. The smallest absolute Gasteiger partial charge is 0.237 e. The van der Waals surface area contributed by atoms with E-state index in [1.54, 1.807) is 26.0 Å². The van der Waals surface area contributed by atoms with Gasteiger partial charge in [0.05, 0.1) is 13.2 Å². The Hall–Kier alpha value is -1.18. The largest absolute Gasteiger partial charge is 0.383 e. The number of hydrazine groups is 1. The van der Waals surface area contributed by atoms with Gasteiger partial charge in [0.1, 0.15) is 0 Å². The lowest BCUT2D eigenvalue weighted by molar-refractivity contribution is -0.126. The summed E-state index contributed by atoms with van der Waals surface area (Å²) in [6.45, 7) is 3.44. The fraction of sp³-hybridized carbons (Fsp3) is 0.800. The molecule has 17 heavy (non-hydrogen) atoms. The SMILES string of the molecule is COCCNC(=O)CN(C)CC(C)C(=O)NN. The highest BCUT2D eigenvalue weighted by Gasteiger charge is 2.15. The van der Waals surface area contributed by atoms with Crippen molar-refractivity contribution >= 4 is 11.8 Å². The Morgan fingerprint density at radius 1 is 1.47 bits per heavy atom. The zero-order chi connectivity index (χ0) is 13.3. The lowest BCUT2D eigenvalue weighted by Crippen LogP contribution is -2.42. The number of amides is 2. The van der Waals surface area contributed by atoms with Crippen molar-refractivity contribution in [3.63, 3.8) is 0 Å². The van der Waals surface area contributed by atoms with Gasteiger partial charge in [-0.05, 0) is 7.05 Å². The van der Waals surface area contributed by atoms with Crippen LogP contribution in [0.3, 0.4) is 0 Å². The molecule has 0 aromatic rings. The zero-order valence-electron chi connectivity index (χ0n) is 10.7. The average Bonchev–Trinajstić information content (AvgIpc) is 2.27. The van der Waals surface area contributed by atoms with E-state index in [0.29, 0.717) is 19.7 Å². The quantitative estimate of drug-likeness (QED) is 0.205. The predicted molar refractivity (Wildman–Crippen MR) is 63.9 cm³/mol. The molecular weight excluding hydrogens is 224 g/mol. The molecule has 100 valence electrons. The summed E-state index contributed by atoms with van der Waals surface area (Å²) in [5, 5.41) is 2.70. The number of carbonyl (C=O) groups is 2. The highest BCUT2D eigenvalue weighted by molar-refractivity contribution is 5.79. The molecule has 7 nitrogen and oxygen atoms in total. The summed E-state index contributed by atoms with van der Waals surface area (Å²) in [5.41, 5.74) is 2.08. The lowest BCUT2D eigenvalue weighted by atomic mass is 10.1. The van der Waals surface area contributed by atoms with Crippen LogP contribution in [0.2, 0.25) is 0 Å². The molecule has 0 aliphatic rings. The van der Waals surface area contributed by atoms with Crippen molar-refractivity contribution in [3.05, 3.63) is 0 Å². The third-order valence-corrected chi connectivity index (χ3v) is 2.22. The van der Waals surface area contributed by atoms with E-state index >= 15 is 0 Å². The normalized spacial score (nSPS) is 12.3. The number of rotatable bonds is 8. The third kappa shape index (κ3) is 7.67.